The standard InChI is InChI=1S/C10H17NO5.C9H11NO3.C6H13NO2.C5H11NO2/c1-6(2)5-7(10(15)16)11-8(12)3-4-9(13)14;10-8(9(12)13)5-6-1-3-7(11)4-2-6;1-4(2)3-5(7)6(8)9;1-3(2)4(6)5(7)8/h6-7H,3-5H2,1-2H3,(H,11,12)(H,13,14)(H,15,16);1-4,8,11H,5,10H2,(H,12,13);4-5H,3,7H2,1-2H3,(H,8,9);3-4H,6H2,1-2H3,(H,7,8)/t7-;8-;5-;4-/m0000/s1. The number of benzene rings is 1. The quantitative estimate of drug-likeness (QED) is 0.127. The number of hydrogen-bond acceptors (Lipinski definition) is 10. The molecule has 0 bridgehead atoms. The van der Waals surface area contributed by atoms with Gasteiger partial charge in [0, 0.05) is 6.42 Å². The highest BCUT2D eigenvalue weighted by Crippen LogP contribution is 2.11. The second-order valence-corrected chi connectivity index (χ2v) is 11.5. The average Bonchev–Trinajstić information content (AvgIpc) is 2.92. The van der Waals surface area contributed by atoms with E-state index in [2.05, 4.69) is 5.32 Å². The van der Waals surface area contributed by atoms with Crippen LogP contribution in [0.4, 0.5) is 0 Å². The molecule has 0 unspecified atom stereocenters. The van der Waals surface area contributed by atoms with Crippen LogP contribution in [-0.4, -0.2) is 90.6 Å². The van der Waals surface area contributed by atoms with Gasteiger partial charge in [-0.1, -0.05) is 53.7 Å². The highest BCUT2D eigenvalue weighted by Gasteiger charge is 2.21. The molecule has 46 heavy (non-hydrogen) atoms. The molecule has 16 heteroatoms. The zero-order valence-electron chi connectivity index (χ0n) is 27.3. The Kier molecular flexibility index (Phi) is 25.0. The van der Waals surface area contributed by atoms with Crippen LogP contribution in [0.25, 0.3) is 0 Å². The Bertz CT molecular complexity index is 1080. The first kappa shape index (κ1) is 46.1. The molecule has 0 saturated carbocycles. The van der Waals surface area contributed by atoms with E-state index in [0.717, 1.165) is 5.56 Å². The molecule has 1 amide bonds. The maximum Gasteiger partial charge on any atom is 0.326 e. The zero-order chi connectivity index (χ0) is 36.7. The van der Waals surface area contributed by atoms with Gasteiger partial charge in [-0.05, 0) is 54.7 Å². The summed E-state index contributed by atoms with van der Waals surface area (Å²) in [6.45, 7) is 11.1. The summed E-state index contributed by atoms with van der Waals surface area (Å²) in [6, 6.07) is 3.08. The predicted molar refractivity (Wildman–Crippen MR) is 169 cm³/mol. The van der Waals surface area contributed by atoms with Crippen LogP contribution < -0.4 is 22.5 Å². The van der Waals surface area contributed by atoms with Crippen LogP contribution in [0.3, 0.4) is 0 Å². The smallest absolute Gasteiger partial charge is 0.326 e. The van der Waals surface area contributed by atoms with Crippen LogP contribution in [0, 0.1) is 17.8 Å². The number of carboxylic acid groups (broad SMARTS) is 5. The third-order valence-electron chi connectivity index (χ3n) is 5.66. The van der Waals surface area contributed by atoms with E-state index in [9.17, 15) is 28.8 Å². The van der Waals surface area contributed by atoms with Gasteiger partial charge in [-0.15, -0.1) is 0 Å². The third kappa shape index (κ3) is 27.3. The van der Waals surface area contributed by atoms with Gasteiger partial charge in [-0.2, -0.15) is 0 Å². The van der Waals surface area contributed by atoms with Gasteiger partial charge in [0.15, 0.2) is 0 Å². The molecule has 1 rings (SSSR count). The highest BCUT2D eigenvalue weighted by molar-refractivity contribution is 5.85. The van der Waals surface area contributed by atoms with Gasteiger partial charge in [0.2, 0.25) is 5.91 Å². The zero-order valence-corrected chi connectivity index (χ0v) is 27.3. The summed E-state index contributed by atoms with van der Waals surface area (Å²) in [5.41, 5.74) is 16.5. The highest BCUT2D eigenvalue weighted by atomic mass is 16.4. The molecule has 16 nitrogen and oxygen atoms in total. The van der Waals surface area contributed by atoms with E-state index >= 15 is 0 Å². The summed E-state index contributed by atoms with van der Waals surface area (Å²) in [7, 11) is 0. The third-order valence-corrected chi connectivity index (χ3v) is 5.66. The summed E-state index contributed by atoms with van der Waals surface area (Å²) in [6.07, 6.45) is 0.663. The lowest BCUT2D eigenvalue weighted by Gasteiger charge is -2.16. The molecule has 0 fully saturated rings. The average molecular weight is 661 g/mol. The van der Waals surface area contributed by atoms with E-state index < -0.39 is 59.9 Å². The fourth-order valence-electron chi connectivity index (χ4n) is 3.05. The molecule has 0 heterocycles. The maximum absolute atomic E-state index is 11.2. The number of phenols is 1. The van der Waals surface area contributed by atoms with Gasteiger partial charge in [-0.3, -0.25) is 24.0 Å². The molecule has 4 atom stereocenters. The predicted octanol–water partition coefficient (Wildman–Crippen LogP) is 1.31. The van der Waals surface area contributed by atoms with Crippen LogP contribution in [0.5, 0.6) is 5.75 Å². The fraction of sp³-hybridized carbons (Fsp3) is 0.600. The van der Waals surface area contributed by atoms with Gasteiger partial charge in [0.1, 0.15) is 29.9 Å². The van der Waals surface area contributed by atoms with Crippen molar-refractivity contribution in [3.63, 3.8) is 0 Å². The molecule has 1 aromatic carbocycles. The van der Waals surface area contributed by atoms with Gasteiger partial charge in [0.05, 0.1) is 6.42 Å². The van der Waals surface area contributed by atoms with Crippen molar-refractivity contribution in [2.45, 2.75) is 97.8 Å². The Morgan fingerprint density at radius 2 is 1.11 bits per heavy atom. The number of aliphatic carboxylic acids is 5. The molecule has 0 aliphatic carbocycles. The van der Waals surface area contributed by atoms with Crippen molar-refractivity contribution in [2.75, 3.05) is 0 Å². The van der Waals surface area contributed by atoms with Crippen molar-refractivity contribution < 1.29 is 59.4 Å². The number of carboxylic acids is 5. The van der Waals surface area contributed by atoms with Crippen molar-refractivity contribution >= 4 is 35.8 Å². The minimum absolute atomic E-state index is 0.0208. The summed E-state index contributed by atoms with van der Waals surface area (Å²) in [5, 5.41) is 53.5. The lowest BCUT2D eigenvalue weighted by molar-refractivity contribution is -0.143. The number of nitrogens with two attached hydrogens (primary N) is 3. The first-order valence-electron chi connectivity index (χ1n) is 14.5. The summed E-state index contributed by atoms with van der Waals surface area (Å²) in [4.78, 5) is 62.7. The number of nitrogens with one attached hydrogen (secondary N) is 1. The number of amides is 1. The number of hydrogen-bond donors (Lipinski definition) is 10. The van der Waals surface area contributed by atoms with Crippen LogP contribution >= 0.6 is 0 Å². The largest absolute Gasteiger partial charge is 0.508 e. The monoisotopic (exact) mass is 660 g/mol. The van der Waals surface area contributed by atoms with Crippen LogP contribution in [-0.2, 0) is 35.2 Å². The SMILES string of the molecule is CC(C)C[C@H](N)C(=O)O.CC(C)C[C@H](NC(=O)CCC(=O)O)C(=O)O.CC(C)[C@H](N)C(=O)O.N[C@@H](Cc1ccc(O)cc1)C(=O)O. The Balaban J connectivity index is -0.000000557. The minimum atomic E-state index is -1.10. The van der Waals surface area contributed by atoms with E-state index in [0.29, 0.717) is 18.8 Å². The van der Waals surface area contributed by atoms with Crippen molar-refractivity contribution in [1.82, 2.24) is 5.32 Å². The van der Waals surface area contributed by atoms with Gasteiger partial charge in [-0.25, -0.2) is 4.79 Å². The molecule has 0 aromatic heterocycles. The first-order chi connectivity index (χ1) is 21.0. The van der Waals surface area contributed by atoms with Crippen LogP contribution in [0.1, 0.15) is 72.8 Å². The maximum atomic E-state index is 11.2. The van der Waals surface area contributed by atoms with E-state index in [-0.39, 0.29) is 36.8 Å². The fourth-order valence-corrected chi connectivity index (χ4v) is 3.05. The number of carbonyl (C=O) groups is 6. The Hall–Kier alpha value is -4.28. The molecular weight excluding hydrogens is 608 g/mol. The number of carbonyl (C=O) groups excluding carboxylic acids is 1. The lowest BCUT2D eigenvalue weighted by atomic mass is 10.0. The van der Waals surface area contributed by atoms with Gasteiger partial charge < -0.3 is 53.2 Å². The molecule has 0 spiro atoms. The van der Waals surface area contributed by atoms with E-state index in [1.54, 1.807) is 26.0 Å². The topological polar surface area (TPSA) is 314 Å². The summed E-state index contributed by atoms with van der Waals surface area (Å²) in [5.74, 6) is -4.91. The molecule has 0 aliphatic heterocycles. The van der Waals surface area contributed by atoms with E-state index in [1.165, 1.54) is 12.1 Å². The van der Waals surface area contributed by atoms with Gasteiger partial charge in [0.25, 0.3) is 0 Å². The van der Waals surface area contributed by atoms with Crippen molar-refractivity contribution in [3.05, 3.63) is 29.8 Å². The van der Waals surface area contributed by atoms with Crippen molar-refractivity contribution in [1.29, 1.82) is 0 Å². The normalized spacial score (nSPS) is 12.9. The molecule has 13 N–H and O–H groups in total. The Labute approximate surface area is 269 Å². The van der Waals surface area contributed by atoms with E-state index in [4.69, 9.17) is 47.8 Å². The number of phenolic OH excluding ortho intramolecular Hbond substituents is 1. The molecular formula is C30H52N4O12. The van der Waals surface area contributed by atoms with Crippen LogP contribution in [0.15, 0.2) is 24.3 Å². The minimum Gasteiger partial charge on any atom is -0.508 e. The van der Waals surface area contributed by atoms with Gasteiger partial charge >= 0.3 is 29.8 Å². The Morgan fingerprint density at radius 1 is 0.652 bits per heavy atom. The van der Waals surface area contributed by atoms with Crippen molar-refractivity contribution in [2.24, 2.45) is 35.0 Å². The molecule has 264 valence electrons. The second-order valence-electron chi connectivity index (χ2n) is 11.5. The molecule has 0 radical (unpaired) electrons. The number of rotatable bonds is 15. The van der Waals surface area contributed by atoms with Crippen molar-refractivity contribution in [3.8, 4) is 5.75 Å². The molecule has 0 saturated heterocycles. The summed E-state index contributed by atoms with van der Waals surface area (Å²) < 4.78 is 0. The molecule has 1 aromatic rings. The van der Waals surface area contributed by atoms with E-state index in [1.807, 2.05) is 27.7 Å². The second kappa shape index (κ2) is 25.0. The molecule has 0 aliphatic rings. The Morgan fingerprint density at radius 3 is 1.39 bits per heavy atom. The summed E-state index contributed by atoms with van der Waals surface area (Å²) >= 11 is 0. The number of aromatic hydroxyl groups is 1. The lowest BCUT2D eigenvalue weighted by Crippen LogP contribution is -2.41. The van der Waals surface area contributed by atoms with Crippen LogP contribution in [0.2, 0.25) is 0 Å². The first-order valence-corrected chi connectivity index (χ1v) is 14.5.